The Kier molecular flexibility index (Phi) is 6.75. The molecule has 0 saturated carbocycles. The second-order valence-electron chi connectivity index (χ2n) is 10.3. The van der Waals surface area contributed by atoms with E-state index in [4.69, 9.17) is 18.6 Å². The lowest BCUT2D eigenvalue weighted by molar-refractivity contribution is 0.0138. The van der Waals surface area contributed by atoms with Crippen LogP contribution in [0.1, 0.15) is 37.7 Å². The number of aromatic hydroxyl groups is 1. The van der Waals surface area contributed by atoms with Gasteiger partial charge in [0, 0.05) is 44.4 Å². The van der Waals surface area contributed by atoms with Gasteiger partial charge in [-0.15, -0.1) is 10.2 Å². The number of rotatable bonds is 5. The van der Waals surface area contributed by atoms with Crippen molar-refractivity contribution in [2.45, 2.75) is 32.9 Å². The first kappa shape index (κ1) is 25.6. The number of hydrogen-bond donors (Lipinski definition) is 1. The topological polar surface area (TPSA) is 109 Å². The smallest absolute Gasteiger partial charge is 0.410 e. The lowest BCUT2D eigenvalue weighted by Crippen LogP contribution is -2.49. The largest absolute Gasteiger partial charge is 0.504 e. The molecule has 1 saturated heterocycles. The Morgan fingerprint density at radius 1 is 1.11 bits per heavy atom. The number of benzene rings is 2. The Labute approximate surface area is 221 Å². The molecule has 3 heterocycles. The first-order valence-corrected chi connectivity index (χ1v) is 12.5. The molecule has 2 aliphatic heterocycles. The second-order valence-corrected chi connectivity index (χ2v) is 10.3. The van der Waals surface area contributed by atoms with Crippen molar-refractivity contribution in [3.05, 3.63) is 47.2 Å². The highest BCUT2D eigenvalue weighted by Crippen LogP contribution is 2.45. The van der Waals surface area contributed by atoms with Gasteiger partial charge in [-0.3, -0.25) is 4.90 Å². The van der Waals surface area contributed by atoms with Gasteiger partial charge in [0.2, 0.25) is 0 Å². The monoisotopic (exact) mass is 520 g/mol. The van der Waals surface area contributed by atoms with Crippen molar-refractivity contribution in [2.75, 3.05) is 40.4 Å². The molecule has 1 amide bonds. The van der Waals surface area contributed by atoms with Gasteiger partial charge in [-0.25, -0.2) is 4.79 Å². The predicted octanol–water partition coefficient (Wildman–Crippen LogP) is 5.80. The molecule has 200 valence electrons. The number of furan rings is 1. The average Bonchev–Trinajstić information content (AvgIpc) is 3.44. The van der Waals surface area contributed by atoms with Gasteiger partial charge in [-0.1, -0.05) is 18.2 Å². The number of azo groups is 1. The summed E-state index contributed by atoms with van der Waals surface area (Å²) in [5.74, 6) is 1.29. The van der Waals surface area contributed by atoms with E-state index in [1.165, 1.54) is 0 Å². The summed E-state index contributed by atoms with van der Waals surface area (Å²) < 4.78 is 23.1. The lowest BCUT2D eigenvalue weighted by Gasteiger charge is -2.35. The first-order chi connectivity index (χ1) is 18.2. The van der Waals surface area contributed by atoms with E-state index >= 15 is 0 Å². The highest BCUT2D eigenvalue weighted by atomic mass is 16.6. The molecule has 2 aliphatic rings. The van der Waals surface area contributed by atoms with Crippen LogP contribution in [0.25, 0.3) is 22.7 Å². The minimum atomic E-state index is -0.538. The van der Waals surface area contributed by atoms with Crippen LogP contribution in [0.3, 0.4) is 0 Å². The molecule has 0 spiro atoms. The number of fused-ring (bicyclic) bond motifs is 2. The van der Waals surface area contributed by atoms with Gasteiger partial charge < -0.3 is 28.6 Å². The van der Waals surface area contributed by atoms with Crippen molar-refractivity contribution < 1.29 is 28.5 Å². The minimum absolute atomic E-state index is 0.0102. The number of ether oxygens (including phenoxy) is 3. The molecule has 0 unspecified atom stereocenters. The highest BCUT2D eigenvalue weighted by molar-refractivity contribution is 5.96. The third kappa shape index (κ3) is 4.91. The van der Waals surface area contributed by atoms with Crippen LogP contribution in [-0.4, -0.2) is 67.0 Å². The van der Waals surface area contributed by atoms with E-state index in [9.17, 15) is 9.90 Å². The molecule has 0 atom stereocenters. The zero-order valence-electron chi connectivity index (χ0n) is 22.3. The molecular formula is C28H32N4O6. The Balaban J connectivity index is 1.45. The van der Waals surface area contributed by atoms with E-state index in [0.29, 0.717) is 60.9 Å². The van der Waals surface area contributed by atoms with Crippen molar-refractivity contribution in [1.29, 1.82) is 0 Å². The molecule has 2 aromatic carbocycles. The van der Waals surface area contributed by atoms with Crippen LogP contribution in [0, 0.1) is 0 Å². The molecule has 0 radical (unpaired) electrons. The number of amides is 1. The molecule has 0 bridgehead atoms. The summed E-state index contributed by atoms with van der Waals surface area (Å²) in [5, 5.41) is 20.1. The summed E-state index contributed by atoms with van der Waals surface area (Å²) in [7, 11) is 3.14. The second kappa shape index (κ2) is 10.0. The minimum Gasteiger partial charge on any atom is -0.504 e. The summed E-state index contributed by atoms with van der Waals surface area (Å²) >= 11 is 0. The standard InChI is InChI=1S/C28H32N4O6/c1-28(2,3)38-27(34)32-12-10-31(11-13-32)16-19-25-18(14-23(35-4)26(19)36-5)24(33)22(37-25)15-21-17-8-6-7-9-20(17)29-30-21/h6-9,14-15,33H,10-13,16H2,1-5H3. The van der Waals surface area contributed by atoms with Crippen LogP contribution in [-0.2, 0) is 11.3 Å². The zero-order chi connectivity index (χ0) is 27.0. The van der Waals surface area contributed by atoms with Crippen molar-refractivity contribution in [3.63, 3.8) is 0 Å². The molecule has 10 heteroatoms. The maximum atomic E-state index is 12.5. The van der Waals surface area contributed by atoms with Crippen molar-refractivity contribution in [3.8, 4) is 17.2 Å². The fraction of sp³-hybridized carbons (Fsp3) is 0.393. The first-order valence-electron chi connectivity index (χ1n) is 12.5. The molecular weight excluding hydrogens is 488 g/mol. The number of methoxy groups -OCH3 is 2. The van der Waals surface area contributed by atoms with Crippen LogP contribution >= 0.6 is 0 Å². The molecule has 3 aromatic rings. The van der Waals surface area contributed by atoms with Crippen LogP contribution < -0.4 is 9.47 Å². The van der Waals surface area contributed by atoms with Crippen LogP contribution in [0.15, 0.2) is 45.0 Å². The van der Waals surface area contributed by atoms with E-state index in [1.54, 1.807) is 31.3 Å². The van der Waals surface area contributed by atoms with Crippen LogP contribution in [0.4, 0.5) is 10.5 Å². The van der Waals surface area contributed by atoms with Crippen molar-refractivity contribution in [2.24, 2.45) is 10.2 Å². The predicted molar refractivity (Wildman–Crippen MR) is 143 cm³/mol. The molecule has 5 rings (SSSR count). The normalized spacial score (nSPS) is 16.8. The number of carbonyl (C=O) groups excluding carboxylic acids is 1. The summed E-state index contributed by atoms with van der Waals surface area (Å²) in [6, 6.07) is 9.34. The quantitative estimate of drug-likeness (QED) is 0.452. The van der Waals surface area contributed by atoms with E-state index in [1.807, 2.05) is 45.0 Å². The van der Waals surface area contributed by atoms with Gasteiger partial charge in [0.15, 0.2) is 23.0 Å². The van der Waals surface area contributed by atoms with Crippen LogP contribution in [0.5, 0.6) is 17.2 Å². The molecule has 10 nitrogen and oxygen atoms in total. The molecule has 1 aromatic heterocycles. The Morgan fingerprint density at radius 3 is 2.53 bits per heavy atom. The molecule has 0 aliphatic carbocycles. The van der Waals surface area contributed by atoms with Gasteiger partial charge in [0.05, 0.1) is 36.6 Å². The number of hydrogen-bond acceptors (Lipinski definition) is 9. The van der Waals surface area contributed by atoms with Crippen molar-refractivity contribution in [1.82, 2.24) is 9.80 Å². The highest BCUT2D eigenvalue weighted by Gasteiger charge is 2.29. The lowest BCUT2D eigenvalue weighted by atomic mass is 10.1. The van der Waals surface area contributed by atoms with Gasteiger partial charge in [0.25, 0.3) is 0 Å². The Hall–Kier alpha value is -4.05. The van der Waals surface area contributed by atoms with E-state index < -0.39 is 5.60 Å². The fourth-order valence-corrected chi connectivity index (χ4v) is 4.69. The van der Waals surface area contributed by atoms with E-state index in [-0.39, 0.29) is 17.6 Å². The van der Waals surface area contributed by atoms with E-state index in [2.05, 4.69) is 15.1 Å². The fourth-order valence-electron chi connectivity index (χ4n) is 4.69. The summed E-state index contributed by atoms with van der Waals surface area (Å²) in [5.41, 5.74) is 2.96. The number of nitrogens with zero attached hydrogens (tertiary/aromatic N) is 4. The van der Waals surface area contributed by atoms with Crippen LogP contribution in [0.2, 0.25) is 0 Å². The Bertz CT molecular complexity index is 1430. The third-order valence-electron chi connectivity index (χ3n) is 6.54. The SMILES string of the molecule is COc1cc2c(O)c(C=C3N=Nc4ccccc43)oc2c(CN2CCN(C(=O)OC(C)(C)C)CC2)c1OC. The molecule has 1 fully saturated rings. The third-order valence-corrected chi connectivity index (χ3v) is 6.54. The maximum absolute atomic E-state index is 12.5. The van der Waals surface area contributed by atoms with E-state index in [0.717, 1.165) is 16.8 Å². The summed E-state index contributed by atoms with van der Waals surface area (Å²) in [6.45, 7) is 8.41. The number of piperazine rings is 1. The summed E-state index contributed by atoms with van der Waals surface area (Å²) in [4.78, 5) is 16.4. The molecule has 1 N–H and O–H groups in total. The van der Waals surface area contributed by atoms with Gasteiger partial charge in [-0.2, -0.15) is 0 Å². The van der Waals surface area contributed by atoms with Gasteiger partial charge in [0.1, 0.15) is 11.2 Å². The zero-order valence-corrected chi connectivity index (χ0v) is 22.3. The van der Waals surface area contributed by atoms with Gasteiger partial charge in [-0.05, 0) is 32.9 Å². The molecule has 38 heavy (non-hydrogen) atoms. The number of carbonyl (C=O) groups is 1. The Morgan fingerprint density at radius 2 is 1.84 bits per heavy atom. The average molecular weight is 521 g/mol. The maximum Gasteiger partial charge on any atom is 0.410 e. The summed E-state index contributed by atoms with van der Waals surface area (Å²) in [6.07, 6.45) is 1.38. The van der Waals surface area contributed by atoms with Gasteiger partial charge >= 0.3 is 6.09 Å². The van der Waals surface area contributed by atoms with Crippen molar-refractivity contribution >= 4 is 34.5 Å².